The van der Waals surface area contributed by atoms with Crippen LogP contribution in [0.4, 0.5) is 25.0 Å². The Morgan fingerprint density at radius 2 is 2.00 bits per heavy atom. The maximum atomic E-state index is 13.6. The van der Waals surface area contributed by atoms with Crippen LogP contribution < -0.4 is 14.4 Å². The molecule has 2 heterocycles. The summed E-state index contributed by atoms with van der Waals surface area (Å²) >= 11 is 0. The van der Waals surface area contributed by atoms with E-state index in [-0.39, 0.29) is 40.5 Å². The predicted molar refractivity (Wildman–Crippen MR) is 120 cm³/mol. The molecule has 1 aromatic carbocycles. The number of ether oxygens (including phenoxy) is 3. The number of nitrogens with zero attached hydrogens (tertiary/aromatic N) is 3. The Kier molecular flexibility index (Phi) is 7.24. The number of halogens is 2. The molecule has 1 N–H and O–H groups in total. The van der Waals surface area contributed by atoms with Gasteiger partial charge in [-0.05, 0) is 45.9 Å². The Bertz CT molecular complexity index is 1220. The Labute approximate surface area is 201 Å². The van der Waals surface area contributed by atoms with Gasteiger partial charge >= 0.3 is 18.6 Å². The number of esters is 1. The summed E-state index contributed by atoms with van der Waals surface area (Å²) in [4.78, 5) is 23.6. The summed E-state index contributed by atoms with van der Waals surface area (Å²) in [6, 6.07) is 4.23. The summed E-state index contributed by atoms with van der Waals surface area (Å²) < 4.78 is 70.2. The van der Waals surface area contributed by atoms with Crippen molar-refractivity contribution in [1.82, 2.24) is 9.78 Å². The molecule has 0 saturated carbocycles. The van der Waals surface area contributed by atoms with E-state index in [1.807, 2.05) is 0 Å². The van der Waals surface area contributed by atoms with Crippen LogP contribution in [-0.4, -0.2) is 55.6 Å². The summed E-state index contributed by atoms with van der Waals surface area (Å²) in [5.41, 5.74) is -0.664. The van der Waals surface area contributed by atoms with Gasteiger partial charge in [-0.25, -0.2) is 17.9 Å². The van der Waals surface area contributed by atoms with E-state index >= 15 is 0 Å². The third-order valence-electron chi connectivity index (χ3n) is 4.80. The van der Waals surface area contributed by atoms with Crippen molar-refractivity contribution in [2.75, 3.05) is 23.3 Å². The lowest BCUT2D eigenvalue weighted by molar-refractivity contribution is -0.142. The Morgan fingerprint density at radius 3 is 2.57 bits per heavy atom. The number of fused-ring (bicyclic) bond motifs is 1. The molecule has 192 valence electrons. The lowest BCUT2D eigenvalue weighted by atomic mass is 10.1. The van der Waals surface area contributed by atoms with Crippen molar-refractivity contribution < 1.29 is 41.0 Å². The van der Waals surface area contributed by atoms with E-state index in [4.69, 9.17) is 9.47 Å². The van der Waals surface area contributed by atoms with Crippen molar-refractivity contribution in [3.05, 3.63) is 30.1 Å². The number of benzene rings is 1. The number of nitrogens with one attached hydrogen (secondary N) is 1. The number of sulfonamides is 1. The topological polar surface area (TPSA) is 129 Å². The van der Waals surface area contributed by atoms with Crippen molar-refractivity contribution in [1.29, 1.82) is 0 Å². The van der Waals surface area contributed by atoms with Gasteiger partial charge in [0.1, 0.15) is 22.4 Å². The number of carbonyl (C=O) groups excluding carboxylic acids is 2. The minimum Gasteiger partial charge on any atom is -0.486 e. The number of aromatic nitrogens is 2. The monoisotopic (exact) mass is 516 g/mol. The molecule has 11 nitrogen and oxygen atoms in total. The summed E-state index contributed by atoms with van der Waals surface area (Å²) in [7, 11) is -3.24. The van der Waals surface area contributed by atoms with Crippen molar-refractivity contribution in [3.63, 3.8) is 0 Å². The second kappa shape index (κ2) is 9.68. The Morgan fingerprint density at radius 1 is 1.31 bits per heavy atom. The molecule has 0 radical (unpaired) electrons. The molecular weight excluding hydrogens is 490 g/mol. The van der Waals surface area contributed by atoms with E-state index in [1.165, 1.54) is 32.2 Å². The average molecular weight is 517 g/mol. The molecule has 35 heavy (non-hydrogen) atoms. The molecular formula is C21H26F2N4O7S. The molecule has 0 spiro atoms. The highest BCUT2D eigenvalue weighted by Crippen LogP contribution is 2.40. The SMILES string of the molecule is COC(=O)CC1CN(S(=O)(=O)c2cn(C(F)F)nc2C)c2cc(NC(=O)OC(C)(C)C)ccc2O1. The molecule has 0 fully saturated rings. The lowest BCUT2D eigenvalue weighted by Crippen LogP contribution is -2.44. The minimum absolute atomic E-state index is 0.0314. The molecule has 1 unspecified atom stereocenters. The highest BCUT2D eigenvalue weighted by atomic mass is 32.2. The first-order valence-electron chi connectivity index (χ1n) is 10.5. The third kappa shape index (κ3) is 5.99. The normalized spacial score (nSPS) is 15.9. The first-order valence-corrected chi connectivity index (χ1v) is 11.9. The van der Waals surface area contributed by atoms with Crippen LogP contribution >= 0.6 is 0 Å². The van der Waals surface area contributed by atoms with Crippen LogP contribution in [0.1, 0.15) is 39.4 Å². The highest BCUT2D eigenvalue weighted by molar-refractivity contribution is 7.92. The number of rotatable bonds is 6. The quantitative estimate of drug-likeness (QED) is 0.578. The van der Waals surface area contributed by atoms with Gasteiger partial charge in [0, 0.05) is 5.69 Å². The molecule has 0 aliphatic carbocycles. The summed E-state index contributed by atoms with van der Waals surface area (Å²) in [6.07, 6.45) is -1.20. The molecule has 0 bridgehead atoms. The van der Waals surface area contributed by atoms with E-state index in [0.29, 0.717) is 0 Å². The zero-order chi connectivity index (χ0) is 26.1. The van der Waals surface area contributed by atoms with Gasteiger partial charge in [0.2, 0.25) is 0 Å². The Balaban J connectivity index is 2.03. The largest absolute Gasteiger partial charge is 0.486 e. The number of hydrogen-bond acceptors (Lipinski definition) is 8. The molecule has 2 aromatic rings. The summed E-state index contributed by atoms with van der Waals surface area (Å²) in [6.45, 7) is 2.99. The predicted octanol–water partition coefficient (Wildman–Crippen LogP) is 3.45. The van der Waals surface area contributed by atoms with E-state index in [2.05, 4.69) is 15.2 Å². The Hall–Kier alpha value is -3.42. The first kappa shape index (κ1) is 26.2. The maximum Gasteiger partial charge on any atom is 0.412 e. The van der Waals surface area contributed by atoms with E-state index in [9.17, 15) is 26.8 Å². The van der Waals surface area contributed by atoms with Crippen LogP contribution in [0.25, 0.3) is 0 Å². The molecule has 1 aromatic heterocycles. The number of anilines is 2. The minimum atomic E-state index is -4.43. The molecule has 1 aliphatic rings. The van der Waals surface area contributed by atoms with Crippen molar-refractivity contribution in [2.24, 2.45) is 0 Å². The second-order valence-electron chi connectivity index (χ2n) is 8.70. The number of amides is 1. The van der Waals surface area contributed by atoms with Gasteiger partial charge < -0.3 is 14.2 Å². The zero-order valence-electron chi connectivity index (χ0n) is 19.7. The fourth-order valence-electron chi connectivity index (χ4n) is 3.35. The van der Waals surface area contributed by atoms with Crippen LogP contribution in [0.15, 0.2) is 29.3 Å². The maximum absolute atomic E-state index is 13.6. The number of alkyl halides is 2. The first-order chi connectivity index (χ1) is 16.2. The number of aryl methyl sites for hydroxylation is 1. The molecule has 0 saturated heterocycles. The molecule has 3 rings (SSSR count). The summed E-state index contributed by atoms with van der Waals surface area (Å²) in [5.74, 6) is -0.525. The fraction of sp³-hybridized carbons (Fsp3) is 0.476. The zero-order valence-corrected chi connectivity index (χ0v) is 20.6. The summed E-state index contributed by atoms with van der Waals surface area (Å²) in [5, 5.41) is 6.10. The van der Waals surface area contributed by atoms with E-state index in [1.54, 1.807) is 20.8 Å². The van der Waals surface area contributed by atoms with Gasteiger partial charge in [0.25, 0.3) is 10.0 Å². The number of carbonyl (C=O) groups is 2. The standard InChI is InChI=1S/C21H26F2N4O7S/c1-12-17(11-26(25-12)19(22)23)35(30,31)27-10-14(9-18(28)32-5)33-16-7-6-13(8-15(16)27)24-20(29)34-21(2,3)4/h6-8,11,14,19H,9-10H2,1-5H3,(H,24,29). The van der Waals surface area contributed by atoms with Crippen molar-refractivity contribution in [2.45, 2.75) is 57.3 Å². The number of methoxy groups -OCH3 is 1. The molecule has 1 amide bonds. The fourth-order valence-corrected chi connectivity index (χ4v) is 5.01. The highest BCUT2D eigenvalue weighted by Gasteiger charge is 2.38. The lowest BCUT2D eigenvalue weighted by Gasteiger charge is -2.35. The van der Waals surface area contributed by atoms with Gasteiger partial charge in [0.15, 0.2) is 0 Å². The van der Waals surface area contributed by atoms with E-state index < -0.39 is 45.2 Å². The van der Waals surface area contributed by atoms with Gasteiger partial charge in [-0.15, -0.1) is 0 Å². The van der Waals surface area contributed by atoms with E-state index in [0.717, 1.165) is 10.5 Å². The van der Waals surface area contributed by atoms with Gasteiger partial charge in [-0.1, -0.05) is 0 Å². The van der Waals surface area contributed by atoms with Gasteiger partial charge in [-0.2, -0.15) is 13.9 Å². The van der Waals surface area contributed by atoms with Gasteiger partial charge in [-0.3, -0.25) is 14.4 Å². The second-order valence-corrected chi connectivity index (χ2v) is 10.5. The van der Waals surface area contributed by atoms with Crippen LogP contribution in [0.3, 0.4) is 0 Å². The molecule has 1 atom stereocenters. The van der Waals surface area contributed by atoms with Crippen LogP contribution in [-0.2, 0) is 24.3 Å². The average Bonchev–Trinajstić information content (AvgIpc) is 3.14. The van der Waals surface area contributed by atoms with Crippen LogP contribution in [0.2, 0.25) is 0 Å². The van der Waals surface area contributed by atoms with Crippen LogP contribution in [0, 0.1) is 6.92 Å². The van der Waals surface area contributed by atoms with Gasteiger partial charge in [0.05, 0.1) is 37.7 Å². The number of hydrogen-bond donors (Lipinski definition) is 1. The smallest absolute Gasteiger partial charge is 0.412 e. The van der Waals surface area contributed by atoms with Crippen molar-refractivity contribution in [3.8, 4) is 5.75 Å². The third-order valence-corrected chi connectivity index (χ3v) is 6.68. The van der Waals surface area contributed by atoms with Crippen molar-refractivity contribution >= 4 is 33.5 Å². The molecule has 1 aliphatic heterocycles. The van der Waals surface area contributed by atoms with Crippen LogP contribution in [0.5, 0.6) is 5.75 Å². The molecule has 14 heteroatoms.